The zero-order valence-corrected chi connectivity index (χ0v) is 26.7. The van der Waals surface area contributed by atoms with E-state index in [4.69, 9.17) is 21.4 Å². The van der Waals surface area contributed by atoms with Crippen molar-refractivity contribution in [2.75, 3.05) is 63.9 Å². The second-order valence-electron chi connectivity index (χ2n) is 13.1. The van der Waals surface area contributed by atoms with Gasteiger partial charge in [-0.2, -0.15) is 0 Å². The second kappa shape index (κ2) is 15.5. The third-order valence-corrected chi connectivity index (χ3v) is 9.77. The quantitative estimate of drug-likeness (QED) is 0.182. The number of aromatic nitrogens is 2. The molecule has 254 valence electrons. The van der Waals surface area contributed by atoms with Gasteiger partial charge >= 0.3 is 0 Å². The number of halogens is 2. The molecule has 0 radical (unpaired) electrons. The van der Waals surface area contributed by atoms with E-state index in [0.29, 0.717) is 61.0 Å². The molecule has 46 heavy (non-hydrogen) atoms. The van der Waals surface area contributed by atoms with Gasteiger partial charge in [-0.05, 0) is 49.7 Å². The minimum absolute atomic E-state index is 0.0400. The van der Waals surface area contributed by atoms with Crippen LogP contribution in [0.2, 0.25) is 5.02 Å². The minimum Gasteiger partial charge on any atom is -0.493 e. The van der Waals surface area contributed by atoms with Gasteiger partial charge in [-0.1, -0.05) is 17.7 Å². The summed E-state index contributed by atoms with van der Waals surface area (Å²) in [6, 6.07) is 4.67. The first-order chi connectivity index (χ1) is 22.1. The first-order valence-corrected chi connectivity index (χ1v) is 16.4. The summed E-state index contributed by atoms with van der Waals surface area (Å²) in [6.07, 6.45) is 1.87. The number of hydrogen-bond acceptors (Lipinski definition) is 11. The molecular formula is C32H45ClFN5O7. The fourth-order valence-electron chi connectivity index (χ4n) is 6.86. The van der Waals surface area contributed by atoms with Crippen LogP contribution < -0.4 is 9.64 Å². The number of anilines is 1. The Morgan fingerprint density at radius 3 is 2.41 bits per heavy atom. The third-order valence-electron chi connectivity index (χ3n) is 9.58. The van der Waals surface area contributed by atoms with Gasteiger partial charge in [0.25, 0.3) is 0 Å². The summed E-state index contributed by atoms with van der Waals surface area (Å²) in [6.45, 7) is 3.96. The summed E-state index contributed by atoms with van der Waals surface area (Å²) in [7, 11) is 0. The molecule has 3 aliphatic heterocycles. The van der Waals surface area contributed by atoms with Crippen molar-refractivity contribution in [2.24, 2.45) is 11.3 Å². The van der Waals surface area contributed by atoms with E-state index in [0.717, 1.165) is 45.2 Å². The molecule has 0 bridgehead atoms. The number of piperidine rings is 1. The van der Waals surface area contributed by atoms with E-state index in [2.05, 4.69) is 14.9 Å². The Labute approximate surface area is 273 Å². The fraction of sp³-hybridized carbons (Fsp3) is 0.656. The molecule has 3 saturated heterocycles. The van der Waals surface area contributed by atoms with Crippen LogP contribution in [0, 0.1) is 17.2 Å². The van der Waals surface area contributed by atoms with E-state index < -0.39 is 36.8 Å². The van der Waals surface area contributed by atoms with E-state index >= 15 is 0 Å². The summed E-state index contributed by atoms with van der Waals surface area (Å²) >= 11 is 5.88. The monoisotopic (exact) mass is 665 g/mol. The van der Waals surface area contributed by atoms with Gasteiger partial charge in [0.05, 0.1) is 43.2 Å². The third kappa shape index (κ3) is 8.62. The minimum atomic E-state index is -1.66. The number of carbonyl (C=O) groups excluding carboxylic acids is 1. The summed E-state index contributed by atoms with van der Waals surface area (Å²) in [5.41, 5.74) is 0.202. The van der Waals surface area contributed by atoms with Crippen LogP contribution in [0.25, 0.3) is 0 Å². The van der Waals surface area contributed by atoms with E-state index in [-0.39, 0.29) is 24.3 Å². The van der Waals surface area contributed by atoms with Gasteiger partial charge < -0.3 is 40.1 Å². The molecule has 1 aromatic carbocycles. The largest absolute Gasteiger partial charge is 0.493 e. The van der Waals surface area contributed by atoms with Gasteiger partial charge in [0, 0.05) is 57.3 Å². The van der Waals surface area contributed by atoms with Crippen molar-refractivity contribution in [3.8, 4) is 5.75 Å². The highest BCUT2D eigenvalue weighted by molar-refractivity contribution is 6.30. The smallest absolute Gasteiger partial charge is 0.227 e. The number of carbonyl (C=O) groups is 1. The Morgan fingerprint density at radius 2 is 1.74 bits per heavy atom. The summed E-state index contributed by atoms with van der Waals surface area (Å²) in [5, 5.41) is 49.1. The Bertz CT molecular complexity index is 1300. The molecule has 1 spiro atoms. The highest BCUT2D eigenvalue weighted by atomic mass is 35.5. The number of rotatable bonds is 14. The van der Waals surface area contributed by atoms with Crippen LogP contribution in [0.3, 0.4) is 0 Å². The molecule has 5 N–H and O–H groups in total. The number of likely N-dealkylation sites (tertiary alicyclic amines) is 2. The van der Waals surface area contributed by atoms with Crippen LogP contribution in [0.1, 0.15) is 37.7 Å². The van der Waals surface area contributed by atoms with Gasteiger partial charge in [-0.15, -0.1) is 0 Å². The lowest BCUT2D eigenvalue weighted by Gasteiger charge is -2.49. The zero-order valence-electron chi connectivity index (χ0n) is 25.9. The Balaban J connectivity index is 0.984. The first-order valence-electron chi connectivity index (χ1n) is 16.0. The van der Waals surface area contributed by atoms with Crippen molar-refractivity contribution in [1.82, 2.24) is 19.8 Å². The van der Waals surface area contributed by atoms with Gasteiger partial charge in [0.2, 0.25) is 11.9 Å². The van der Waals surface area contributed by atoms with Gasteiger partial charge in [-0.25, -0.2) is 14.4 Å². The zero-order chi connectivity index (χ0) is 32.8. The number of β-amino-alcohol motifs (C(OH)–C–C–N with tert-alkyl or cyclic N) is 1. The molecule has 1 aromatic heterocycles. The molecule has 2 aromatic rings. The molecule has 0 unspecified atom stereocenters. The van der Waals surface area contributed by atoms with Crippen LogP contribution in [-0.4, -0.2) is 135 Å². The number of hydrogen-bond donors (Lipinski definition) is 5. The van der Waals surface area contributed by atoms with Gasteiger partial charge in [0.15, 0.2) is 0 Å². The normalized spacial score (nSPS) is 21.2. The molecular weight excluding hydrogens is 621 g/mol. The lowest BCUT2D eigenvalue weighted by atomic mass is 9.78. The van der Waals surface area contributed by atoms with Crippen LogP contribution >= 0.6 is 11.6 Å². The number of aliphatic hydroxyl groups is 5. The Hall–Kier alpha value is -2.65. The molecule has 14 heteroatoms. The number of amides is 1. The van der Waals surface area contributed by atoms with Crippen molar-refractivity contribution >= 4 is 23.5 Å². The van der Waals surface area contributed by atoms with Crippen molar-refractivity contribution < 1.29 is 39.5 Å². The van der Waals surface area contributed by atoms with Crippen molar-refractivity contribution in [2.45, 2.75) is 62.9 Å². The Kier molecular flexibility index (Phi) is 11.7. The molecule has 3 aliphatic rings. The summed E-state index contributed by atoms with van der Waals surface area (Å²) in [5.74, 6) is 1.14. The highest BCUT2D eigenvalue weighted by Gasteiger charge is 2.49. The molecule has 0 saturated carbocycles. The molecule has 12 nitrogen and oxygen atoms in total. The maximum absolute atomic E-state index is 14.9. The molecule has 0 aliphatic carbocycles. The van der Waals surface area contributed by atoms with Crippen molar-refractivity contribution in [3.63, 3.8) is 0 Å². The fourth-order valence-corrected chi connectivity index (χ4v) is 6.96. The van der Waals surface area contributed by atoms with Crippen LogP contribution in [0.5, 0.6) is 5.75 Å². The average Bonchev–Trinajstić information content (AvgIpc) is 3.49. The topological polar surface area (TPSA) is 163 Å². The van der Waals surface area contributed by atoms with Crippen LogP contribution in [-0.2, 0) is 11.2 Å². The number of nitrogens with zero attached hydrogens (tertiary/aromatic N) is 5. The summed E-state index contributed by atoms with van der Waals surface area (Å²) < 4.78 is 20.7. The predicted molar refractivity (Wildman–Crippen MR) is 168 cm³/mol. The molecule has 4 heterocycles. The average molecular weight is 666 g/mol. The first kappa shape index (κ1) is 34.7. The van der Waals surface area contributed by atoms with Crippen molar-refractivity contribution in [1.29, 1.82) is 0 Å². The molecule has 1 amide bonds. The van der Waals surface area contributed by atoms with Crippen LogP contribution in [0.4, 0.5) is 10.3 Å². The van der Waals surface area contributed by atoms with Gasteiger partial charge in [0.1, 0.15) is 29.9 Å². The Morgan fingerprint density at radius 1 is 1.04 bits per heavy atom. The molecule has 5 rings (SSSR count). The van der Waals surface area contributed by atoms with E-state index in [1.165, 1.54) is 6.07 Å². The predicted octanol–water partition coefficient (Wildman–Crippen LogP) is 0.857. The van der Waals surface area contributed by atoms with E-state index in [1.54, 1.807) is 29.4 Å². The SMILES string of the molecule is O=C(Cc1ccc(OCCCC2CCN(c3ncc(Cl)cn3)CC2)cc1F)N1CCC2(CN(C[C@H](O)[C@@H](O)[C@H](O)[C@H](O)CO)C2)C1. The standard InChI is InChI=1S/C32H45ClFN5O7/c33-23-14-35-31(36-15-23)38-8-5-21(6-9-38)2-1-11-46-24-4-3-22(25(34)13-24)12-28(43)39-10-7-32(20-39)18-37(19-32)16-26(41)29(44)30(45)27(42)17-40/h3-4,13-15,21,26-27,29-30,40-42,44-45H,1-2,5-12,16-20H2/t26-,27+,29+,30+/m0/s1. The number of benzene rings is 1. The molecule has 4 atom stereocenters. The van der Waals surface area contributed by atoms with E-state index in [1.807, 2.05) is 4.90 Å². The number of aliphatic hydroxyl groups excluding tert-OH is 5. The molecule has 3 fully saturated rings. The lowest BCUT2D eigenvalue weighted by Crippen LogP contribution is -2.61. The highest BCUT2D eigenvalue weighted by Crippen LogP contribution is 2.40. The maximum Gasteiger partial charge on any atom is 0.227 e. The summed E-state index contributed by atoms with van der Waals surface area (Å²) in [4.78, 5) is 27.5. The van der Waals surface area contributed by atoms with Crippen molar-refractivity contribution in [3.05, 3.63) is 47.0 Å². The maximum atomic E-state index is 14.9. The van der Waals surface area contributed by atoms with Gasteiger partial charge in [-0.3, -0.25) is 9.69 Å². The number of ether oxygens (including phenoxy) is 1. The van der Waals surface area contributed by atoms with Crippen LogP contribution in [0.15, 0.2) is 30.6 Å². The van der Waals surface area contributed by atoms with E-state index in [9.17, 15) is 29.6 Å². The lowest BCUT2D eigenvalue weighted by molar-refractivity contribution is -0.133. The second-order valence-corrected chi connectivity index (χ2v) is 13.5.